The van der Waals surface area contributed by atoms with Gasteiger partial charge in [0.15, 0.2) is 0 Å². The molecule has 0 bridgehead atoms. The highest BCUT2D eigenvalue weighted by molar-refractivity contribution is 7.25. The summed E-state index contributed by atoms with van der Waals surface area (Å²) in [4.78, 5) is 2.35. The summed E-state index contributed by atoms with van der Waals surface area (Å²) in [6.07, 6.45) is 0. The van der Waals surface area contributed by atoms with E-state index < -0.39 is 0 Å². The van der Waals surface area contributed by atoms with E-state index in [0.29, 0.717) is 0 Å². The fourth-order valence-electron chi connectivity index (χ4n) is 7.24. The lowest BCUT2D eigenvalue weighted by molar-refractivity contribution is 0.669. The molecule has 0 unspecified atom stereocenters. The molecule has 0 saturated heterocycles. The highest BCUT2D eigenvalue weighted by atomic mass is 32.1. The monoisotopic (exact) mass is 617 g/mol. The molecular formula is C44H27NOS. The molecule has 2 heterocycles. The Balaban J connectivity index is 1.16. The Morgan fingerprint density at radius 2 is 1.04 bits per heavy atom. The Morgan fingerprint density at radius 1 is 0.404 bits per heavy atom. The summed E-state index contributed by atoms with van der Waals surface area (Å²) in [6, 6.07) is 59.1. The van der Waals surface area contributed by atoms with Gasteiger partial charge in [0.05, 0.1) is 0 Å². The van der Waals surface area contributed by atoms with Gasteiger partial charge in [-0.15, -0.1) is 11.3 Å². The van der Waals surface area contributed by atoms with Crippen LogP contribution in [0.2, 0.25) is 0 Å². The summed E-state index contributed by atoms with van der Waals surface area (Å²) < 4.78 is 9.00. The van der Waals surface area contributed by atoms with Crippen LogP contribution >= 0.6 is 11.3 Å². The smallest absolute Gasteiger partial charge is 0.137 e. The number of para-hydroxylation sites is 1. The van der Waals surface area contributed by atoms with Crippen molar-refractivity contribution in [2.24, 2.45) is 0 Å². The summed E-state index contributed by atoms with van der Waals surface area (Å²) in [5.41, 5.74) is 7.50. The van der Waals surface area contributed by atoms with Crippen LogP contribution in [0.3, 0.4) is 0 Å². The van der Waals surface area contributed by atoms with Crippen LogP contribution in [-0.2, 0) is 0 Å². The molecule has 3 heteroatoms. The lowest BCUT2D eigenvalue weighted by Gasteiger charge is -2.26. The normalized spacial score (nSPS) is 11.8. The third-order valence-electron chi connectivity index (χ3n) is 9.45. The maximum absolute atomic E-state index is 6.36. The summed E-state index contributed by atoms with van der Waals surface area (Å²) in [5.74, 6) is 0. The van der Waals surface area contributed by atoms with Gasteiger partial charge in [0.1, 0.15) is 11.2 Å². The largest absolute Gasteiger partial charge is 0.456 e. The lowest BCUT2D eigenvalue weighted by atomic mass is 9.98. The molecule has 0 aliphatic heterocycles. The molecule has 0 spiro atoms. The molecule has 0 fully saturated rings. The van der Waals surface area contributed by atoms with E-state index in [1.54, 1.807) is 0 Å². The van der Waals surface area contributed by atoms with Crippen LogP contribution in [-0.4, -0.2) is 0 Å². The van der Waals surface area contributed by atoms with E-state index in [-0.39, 0.29) is 0 Å². The molecule has 0 N–H and O–H groups in total. The van der Waals surface area contributed by atoms with Crippen LogP contribution in [0.25, 0.3) is 74.8 Å². The van der Waals surface area contributed by atoms with E-state index in [1.165, 1.54) is 52.8 Å². The van der Waals surface area contributed by atoms with Crippen LogP contribution < -0.4 is 4.90 Å². The molecule has 10 aromatic rings. The number of hydrogen-bond donors (Lipinski definition) is 0. The summed E-state index contributed by atoms with van der Waals surface area (Å²) in [7, 11) is 0. The summed E-state index contributed by atoms with van der Waals surface area (Å²) in [6.45, 7) is 0. The molecule has 2 nitrogen and oxygen atoms in total. The number of hydrogen-bond acceptors (Lipinski definition) is 3. The maximum Gasteiger partial charge on any atom is 0.137 e. The van der Waals surface area contributed by atoms with Crippen molar-refractivity contribution in [1.29, 1.82) is 0 Å². The van der Waals surface area contributed by atoms with E-state index in [1.807, 2.05) is 23.5 Å². The number of thiophene rings is 1. The molecule has 0 atom stereocenters. The van der Waals surface area contributed by atoms with E-state index in [0.717, 1.165) is 39.0 Å². The standard InChI is InChI=1S/C44H27NOS/c1-2-9-34-28(8-1)16-17-30-20-23-32(26-39(30)34)45(33-24-25-37-36-10-3-5-13-40(36)46-41(37)27-33)31-21-18-29(19-22-31)35-12-7-15-43-44(35)38-11-4-6-14-42(38)47-43/h1-27H. The van der Waals surface area contributed by atoms with Gasteiger partial charge in [-0.25, -0.2) is 0 Å². The molecule has 0 saturated carbocycles. The van der Waals surface area contributed by atoms with Crippen LogP contribution in [0.1, 0.15) is 0 Å². The first-order valence-electron chi connectivity index (χ1n) is 15.9. The first-order chi connectivity index (χ1) is 23.3. The fraction of sp³-hybridized carbons (Fsp3) is 0. The Hall–Kier alpha value is -5.90. The van der Waals surface area contributed by atoms with Crippen molar-refractivity contribution in [2.75, 3.05) is 4.90 Å². The van der Waals surface area contributed by atoms with Crippen molar-refractivity contribution in [3.05, 3.63) is 164 Å². The number of anilines is 3. The van der Waals surface area contributed by atoms with Gasteiger partial charge in [-0.2, -0.15) is 0 Å². The summed E-state index contributed by atoms with van der Waals surface area (Å²) >= 11 is 1.86. The molecule has 47 heavy (non-hydrogen) atoms. The van der Waals surface area contributed by atoms with Crippen molar-refractivity contribution < 1.29 is 4.42 Å². The van der Waals surface area contributed by atoms with Crippen molar-refractivity contribution >= 4 is 92.1 Å². The number of rotatable bonds is 4. The second-order valence-corrected chi connectivity index (χ2v) is 13.2. The number of furan rings is 1. The van der Waals surface area contributed by atoms with E-state index in [2.05, 4.69) is 157 Å². The van der Waals surface area contributed by atoms with E-state index in [9.17, 15) is 0 Å². The molecule has 220 valence electrons. The third-order valence-corrected chi connectivity index (χ3v) is 10.6. The Kier molecular flexibility index (Phi) is 5.78. The predicted molar refractivity (Wildman–Crippen MR) is 202 cm³/mol. The first-order valence-corrected chi connectivity index (χ1v) is 16.7. The Morgan fingerprint density at radius 3 is 1.94 bits per heavy atom. The minimum atomic E-state index is 0.882. The highest BCUT2D eigenvalue weighted by Gasteiger charge is 2.17. The molecule has 0 aliphatic rings. The molecule has 2 aromatic heterocycles. The number of nitrogens with zero attached hydrogens (tertiary/aromatic N) is 1. The first kappa shape index (κ1) is 26.3. The summed E-state index contributed by atoms with van der Waals surface area (Å²) in [5, 5.41) is 9.87. The third kappa shape index (κ3) is 4.17. The van der Waals surface area contributed by atoms with Gasteiger partial charge in [0.25, 0.3) is 0 Å². The van der Waals surface area contributed by atoms with Crippen molar-refractivity contribution in [3.8, 4) is 11.1 Å². The SMILES string of the molecule is c1ccc2c(c1)ccc1ccc(N(c3ccc(-c4cccc5sc6ccccc6c45)cc3)c3ccc4c(c3)oc3ccccc34)cc12. The number of fused-ring (bicyclic) bond motifs is 9. The lowest BCUT2D eigenvalue weighted by Crippen LogP contribution is -2.09. The zero-order chi connectivity index (χ0) is 30.9. The van der Waals surface area contributed by atoms with Crippen LogP contribution in [0.5, 0.6) is 0 Å². The fourth-order valence-corrected chi connectivity index (χ4v) is 8.37. The zero-order valence-electron chi connectivity index (χ0n) is 25.4. The van der Waals surface area contributed by atoms with Crippen molar-refractivity contribution in [2.45, 2.75) is 0 Å². The van der Waals surface area contributed by atoms with Gasteiger partial charge in [-0.1, -0.05) is 103 Å². The maximum atomic E-state index is 6.36. The molecule has 0 aliphatic carbocycles. The van der Waals surface area contributed by atoms with Crippen molar-refractivity contribution in [1.82, 2.24) is 0 Å². The minimum absolute atomic E-state index is 0.882. The topological polar surface area (TPSA) is 16.4 Å². The number of benzene rings is 8. The molecular weight excluding hydrogens is 591 g/mol. The molecule has 10 rings (SSSR count). The molecule has 0 amide bonds. The predicted octanol–water partition coefficient (Wildman–Crippen LogP) is 13.4. The van der Waals surface area contributed by atoms with Gasteiger partial charge >= 0.3 is 0 Å². The van der Waals surface area contributed by atoms with Crippen LogP contribution in [0, 0.1) is 0 Å². The quantitative estimate of drug-likeness (QED) is 0.183. The van der Waals surface area contributed by atoms with Gasteiger partial charge in [-0.05, 0) is 87.3 Å². The van der Waals surface area contributed by atoms with Crippen molar-refractivity contribution in [3.63, 3.8) is 0 Å². The molecule has 8 aromatic carbocycles. The average Bonchev–Trinajstić information content (AvgIpc) is 3.70. The van der Waals surface area contributed by atoms with Gasteiger partial charge in [0, 0.05) is 54.1 Å². The minimum Gasteiger partial charge on any atom is -0.456 e. The van der Waals surface area contributed by atoms with E-state index >= 15 is 0 Å². The second-order valence-electron chi connectivity index (χ2n) is 12.1. The van der Waals surface area contributed by atoms with Crippen LogP contribution in [0.15, 0.2) is 168 Å². The average molecular weight is 618 g/mol. The Labute approximate surface area is 275 Å². The van der Waals surface area contributed by atoms with Gasteiger partial charge in [-0.3, -0.25) is 0 Å². The molecule has 0 radical (unpaired) electrons. The highest BCUT2D eigenvalue weighted by Crippen LogP contribution is 2.43. The zero-order valence-corrected chi connectivity index (χ0v) is 26.2. The Bertz CT molecular complexity index is 2810. The van der Waals surface area contributed by atoms with E-state index in [4.69, 9.17) is 4.42 Å². The van der Waals surface area contributed by atoms with Gasteiger partial charge < -0.3 is 9.32 Å². The second kappa shape index (κ2) is 10.3. The van der Waals surface area contributed by atoms with Crippen LogP contribution in [0.4, 0.5) is 17.1 Å². The van der Waals surface area contributed by atoms with Gasteiger partial charge in [0.2, 0.25) is 0 Å².